The third kappa shape index (κ3) is 5.04. The van der Waals surface area contributed by atoms with Gasteiger partial charge in [0.05, 0.1) is 6.54 Å². The molecule has 3 amide bonds. The molecule has 1 atom stereocenters. The van der Waals surface area contributed by atoms with Crippen molar-refractivity contribution >= 4 is 17.9 Å². The topological polar surface area (TPSA) is 102 Å². The Morgan fingerprint density at radius 3 is 2.50 bits per heavy atom. The van der Waals surface area contributed by atoms with Gasteiger partial charge < -0.3 is 20.6 Å². The largest absolute Gasteiger partial charge is 0.480 e. The molecule has 1 unspecified atom stereocenters. The van der Waals surface area contributed by atoms with E-state index in [1.165, 1.54) is 0 Å². The van der Waals surface area contributed by atoms with E-state index < -0.39 is 18.4 Å². The highest BCUT2D eigenvalue weighted by Gasteiger charge is 2.26. The standard InChI is InChI=1S/C12H22N4O4/c1-3-9-8-16(5-4-15(9)2)12(20)14-6-10(17)13-7-11(18)19/h9H,3-8H2,1-2H3,(H,13,17)(H,14,20)(H,18,19). The monoisotopic (exact) mass is 286 g/mol. The van der Waals surface area contributed by atoms with Crippen molar-refractivity contribution in [3.8, 4) is 0 Å². The van der Waals surface area contributed by atoms with Gasteiger partial charge in [-0.25, -0.2) is 4.79 Å². The van der Waals surface area contributed by atoms with E-state index in [1.54, 1.807) is 4.90 Å². The highest BCUT2D eigenvalue weighted by Crippen LogP contribution is 2.10. The molecule has 114 valence electrons. The molecule has 0 aliphatic carbocycles. The number of likely N-dealkylation sites (N-methyl/N-ethyl adjacent to an activating group) is 1. The van der Waals surface area contributed by atoms with E-state index in [9.17, 15) is 14.4 Å². The van der Waals surface area contributed by atoms with E-state index in [0.717, 1.165) is 13.0 Å². The lowest BCUT2D eigenvalue weighted by Crippen LogP contribution is -2.56. The summed E-state index contributed by atoms with van der Waals surface area (Å²) in [4.78, 5) is 37.4. The van der Waals surface area contributed by atoms with Crippen molar-refractivity contribution in [1.82, 2.24) is 20.4 Å². The highest BCUT2D eigenvalue weighted by molar-refractivity contribution is 5.86. The van der Waals surface area contributed by atoms with Crippen molar-refractivity contribution < 1.29 is 19.5 Å². The van der Waals surface area contributed by atoms with Gasteiger partial charge in [0, 0.05) is 25.7 Å². The van der Waals surface area contributed by atoms with Crippen molar-refractivity contribution in [2.45, 2.75) is 19.4 Å². The van der Waals surface area contributed by atoms with Crippen LogP contribution in [0, 0.1) is 0 Å². The van der Waals surface area contributed by atoms with Crippen LogP contribution in [0.5, 0.6) is 0 Å². The lowest BCUT2D eigenvalue weighted by molar-refractivity contribution is -0.137. The Kier molecular flexibility index (Phi) is 6.23. The number of carbonyl (C=O) groups is 3. The maximum absolute atomic E-state index is 11.9. The minimum Gasteiger partial charge on any atom is -0.480 e. The van der Waals surface area contributed by atoms with Crippen LogP contribution in [0.1, 0.15) is 13.3 Å². The van der Waals surface area contributed by atoms with E-state index in [2.05, 4.69) is 22.5 Å². The van der Waals surface area contributed by atoms with Crippen molar-refractivity contribution in [2.24, 2.45) is 0 Å². The van der Waals surface area contributed by atoms with Crippen molar-refractivity contribution in [2.75, 3.05) is 39.8 Å². The second-order valence-electron chi connectivity index (χ2n) is 4.82. The molecule has 0 aromatic heterocycles. The molecule has 0 spiro atoms. The summed E-state index contributed by atoms with van der Waals surface area (Å²) in [6, 6.07) is 0.0392. The number of urea groups is 1. The fourth-order valence-corrected chi connectivity index (χ4v) is 2.08. The number of rotatable bonds is 5. The molecule has 8 nitrogen and oxygen atoms in total. The predicted octanol–water partition coefficient (Wildman–Crippen LogP) is -1.08. The molecule has 1 saturated heterocycles. The van der Waals surface area contributed by atoms with Crippen LogP contribution in [0.25, 0.3) is 0 Å². The first kappa shape index (κ1) is 16.2. The Bertz CT molecular complexity index is 374. The number of amides is 3. The molecular weight excluding hydrogens is 264 g/mol. The van der Waals surface area contributed by atoms with Gasteiger partial charge in [-0.2, -0.15) is 0 Å². The van der Waals surface area contributed by atoms with Gasteiger partial charge in [-0.05, 0) is 13.5 Å². The Balaban J connectivity index is 2.32. The number of hydrogen-bond acceptors (Lipinski definition) is 4. The van der Waals surface area contributed by atoms with Crippen LogP contribution < -0.4 is 10.6 Å². The van der Waals surface area contributed by atoms with Gasteiger partial charge in [0.1, 0.15) is 6.54 Å². The molecule has 0 aromatic carbocycles. The van der Waals surface area contributed by atoms with E-state index in [4.69, 9.17) is 5.11 Å². The molecule has 8 heteroatoms. The Hall–Kier alpha value is -1.83. The zero-order valence-electron chi connectivity index (χ0n) is 11.9. The number of nitrogens with zero attached hydrogens (tertiary/aromatic N) is 2. The van der Waals surface area contributed by atoms with Crippen LogP contribution in [0.2, 0.25) is 0 Å². The van der Waals surface area contributed by atoms with Gasteiger partial charge >= 0.3 is 12.0 Å². The van der Waals surface area contributed by atoms with E-state index >= 15 is 0 Å². The first-order valence-corrected chi connectivity index (χ1v) is 6.65. The summed E-state index contributed by atoms with van der Waals surface area (Å²) in [5.41, 5.74) is 0. The highest BCUT2D eigenvalue weighted by atomic mass is 16.4. The summed E-state index contributed by atoms with van der Waals surface area (Å²) in [6.07, 6.45) is 0.958. The Labute approximate surface area is 118 Å². The van der Waals surface area contributed by atoms with Crippen molar-refractivity contribution in [1.29, 1.82) is 0 Å². The molecule has 1 rings (SSSR count). The minimum absolute atomic E-state index is 0.213. The summed E-state index contributed by atoms with van der Waals surface area (Å²) in [5.74, 6) is -1.63. The normalized spacial score (nSPS) is 19.5. The summed E-state index contributed by atoms with van der Waals surface area (Å²) in [5, 5.41) is 13.1. The quantitative estimate of drug-likeness (QED) is 0.597. The number of carboxylic acid groups (broad SMARTS) is 1. The lowest BCUT2D eigenvalue weighted by Gasteiger charge is -2.38. The number of carboxylic acids is 1. The van der Waals surface area contributed by atoms with Gasteiger partial charge in [0.25, 0.3) is 0 Å². The molecule has 0 radical (unpaired) electrons. The second-order valence-corrected chi connectivity index (χ2v) is 4.82. The van der Waals surface area contributed by atoms with Crippen LogP contribution in [-0.4, -0.2) is 78.6 Å². The van der Waals surface area contributed by atoms with Crippen LogP contribution in [0.3, 0.4) is 0 Å². The third-order valence-electron chi connectivity index (χ3n) is 3.37. The van der Waals surface area contributed by atoms with E-state index in [0.29, 0.717) is 19.1 Å². The fourth-order valence-electron chi connectivity index (χ4n) is 2.08. The zero-order chi connectivity index (χ0) is 15.1. The van der Waals surface area contributed by atoms with Gasteiger partial charge in [-0.1, -0.05) is 6.92 Å². The summed E-state index contributed by atoms with van der Waals surface area (Å²) in [6.45, 7) is 3.47. The second kappa shape index (κ2) is 7.68. The molecular formula is C12H22N4O4. The van der Waals surface area contributed by atoms with Crippen LogP contribution >= 0.6 is 0 Å². The van der Waals surface area contributed by atoms with Crippen LogP contribution in [0.4, 0.5) is 4.79 Å². The third-order valence-corrected chi connectivity index (χ3v) is 3.37. The summed E-state index contributed by atoms with van der Waals surface area (Å²) < 4.78 is 0. The maximum atomic E-state index is 11.9. The summed E-state index contributed by atoms with van der Waals surface area (Å²) in [7, 11) is 2.03. The van der Waals surface area contributed by atoms with E-state index in [-0.39, 0.29) is 12.6 Å². The Morgan fingerprint density at radius 1 is 1.20 bits per heavy atom. The van der Waals surface area contributed by atoms with Crippen LogP contribution in [-0.2, 0) is 9.59 Å². The number of piperazine rings is 1. The number of aliphatic carboxylic acids is 1. The SMILES string of the molecule is CCC1CN(C(=O)NCC(=O)NCC(=O)O)CCN1C. The van der Waals surface area contributed by atoms with Crippen LogP contribution in [0.15, 0.2) is 0 Å². The first-order chi connectivity index (χ1) is 9.43. The Morgan fingerprint density at radius 2 is 1.90 bits per heavy atom. The molecule has 0 aromatic rings. The molecule has 1 fully saturated rings. The molecule has 1 aliphatic heterocycles. The van der Waals surface area contributed by atoms with Gasteiger partial charge in [-0.15, -0.1) is 0 Å². The zero-order valence-corrected chi connectivity index (χ0v) is 11.9. The van der Waals surface area contributed by atoms with Crippen molar-refractivity contribution in [3.05, 3.63) is 0 Å². The van der Waals surface area contributed by atoms with E-state index in [1.807, 2.05) is 7.05 Å². The molecule has 0 bridgehead atoms. The fraction of sp³-hybridized carbons (Fsp3) is 0.750. The number of nitrogens with one attached hydrogen (secondary N) is 2. The van der Waals surface area contributed by atoms with Crippen molar-refractivity contribution in [3.63, 3.8) is 0 Å². The molecule has 20 heavy (non-hydrogen) atoms. The number of hydrogen-bond donors (Lipinski definition) is 3. The first-order valence-electron chi connectivity index (χ1n) is 6.65. The molecule has 1 heterocycles. The smallest absolute Gasteiger partial charge is 0.322 e. The van der Waals surface area contributed by atoms with Gasteiger partial charge in [0.15, 0.2) is 0 Å². The predicted molar refractivity (Wildman–Crippen MR) is 72.3 cm³/mol. The summed E-state index contributed by atoms with van der Waals surface area (Å²) >= 11 is 0. The van der Waals surface area contributed by atoms with Gasteiger partial charge in [-0.3, -0.25) is 14.5 Å². The lowest BCUT2D eigenvalue weighted by atomic mass is 10.1. The maximum Gasteiger partial charge on any atom is 0.322 e. The van der Waals surface area contributed by atoms with Gasteiger partial charge in [0.2, 0.25) is 5.91 Å². The molecule has 0 saturated carbocycles. The molecule has 1 aliphatic rings. The number of carbonyl (C=O) groups excluding carboxylic acids is 2. The minimum atomic E-state index is -1.12. The average molecular weight is 286 g/mol. The molecule has 3 N–H and O–H groups in total. The average Bonchev–Trinajstić information content (AvgIpc) is 2.42.